The molecule has 5 heteroatoms. The molecule has 0 amide bonds. The standard InChI is InChI=1S/C15H16N2O2S/c1-4-15(2,3)17-20(18,19)14-7-5-6-11-10-12(16)8-9-13(11)14/h1,5-10,17H,16H2,2-3H3. The number of benzene rings is 2. The summed E-state index contributed by atoms with van der Waals surface area (Å²) in [7, 11) is -3.70. The lowest BCUT2D eigenvalue weighted by molar-refractivity contribution is 0.540. The van der Waals surface area contributed by atoms with Gasteiger partial charge in [0, 0.05) is 11.1 Å². The predicted molar refractivity (Wildman–Crippen MR) is 81.6 cm³/mol. The minimum absolute atomic E-state index is 0.193. The molecular weight excluding hydrogens is 272 g/mol. The summed E-state index contributed by atoms with van der Waals surface area (Å²) in [5, 5.41) is 1.38. The fourth-order valence-electron chi connectivity index (χ4n) is 1.93. The zero-order valence-corrected chi connectivity index (χ0v) is 12.2. The third kappa shape index (κ3) is 2.77. The molecule has 2 rings (SSSR count). The third-order valence-corrected chi connectivity index (χ3v) is 4.62. The first-order valence-corrected chi connectivity index (χ1v) is 7.53. The predicted octanol–water partition coefficient (Wildman–Crippen LogP) is 2.11. The largest absolute Gasteiger partial charge is 0.399 e. The van der Waals surface area contributed by atoms with E-state index >= 15 is 0 Å². The van der Waals surface area contributed by atoms with Crippen molar-refractivity contribution in [1.82, 2.24) is 4.72 Å². The van der Waals surface area contributed by atoms with E-state index in [4.69, 9.17) is 12.2 Å². The monoisotopic (exact) mass is 288 g/mol. The molecule has 0 heterocycles. The Hall–Kier alpha value is -2.03. The van der Waals surface area contributed by atoms with Gasteiger partial charge in [-0.1, -0.05) is 24.1 Å². The second-order valence-electron chi connectivity index (χ2n) is 5.11. The SMILES string of the molecule is C#CC(C)(C)NS(=O)(=O)c1cccc2cc(N)ccc12. The molecule has 20 heavy (non-hydrogen) atoms. The van der Waals surface area contributed by atoms with Crippen molar-refractivity contribution in [2.45, 2.75) is 24.3 Å². The maximum absolute atomic E-state index is 12.5. The van der Waals surface area contributed by atoms with Gasteiger partial charge in [-0.15, -0.1) is 6.42 Å². The van der Waals surface area contributed by atoms with Crippen LogP contribution in [0.4, 0.5) is 5.69 Å². The summed E-state index contributed by atoms with van der Waals surface area (Å²) in [6.07, 6.45) is 5.33. The lowest BCUT2D eigenvalue weighted by Crippen LogP contribution is -2.42. The van der Waals surface area contributed by atoms with Gasteiger partial charge in [0.2, 0.25) is 10.0 Å². The molecule has 104 valence electrons. The number of nitrogen functional groups attached to an aromatic ring is 1. The lowest BCUT2D eigenvalue weighted by atomic mass is 10.1. The summed E-state index contributed by atoms with van der Waals surface area (Å²) in [6.45, 7) is 3.27. The summed E-state index contributed by atoms with van der Waals surface area (Å²) >= 11 is 0. The number of hydrogen-bond donors (Lipinski definition) is 2. The zero-order chi connectivity index (χ0) is 15.0. The van der Waals surface area contributed by atoms with Gasteiger partial charge in [0.25, 0.3) is 0 Å². The quantitative estimate of drug-likeness (QED) is 0.671. The van der Waals surface area contributed by atoms with E-state index in [1.807, 2.05) is 6.07 Å². The van der Waals surface area contributed by atoms with Crippen molar-refractivity contribution in [1.29, 1.82) is 0 Å². The first kappa shape index (κ1) is 14.4. The van der Waals surface area contributed by atoms with Crippen molar-refractivity contribution < 1.29 is 8.42 Å². The van der Waals surface area contributed by atoms with Crippen molar-refractivity contribution in [2.24, 2.45) is 0 Å². The molecule has 0 aromatic heterocycles. The number of hydrogen-bond acceptors (Lipinski definition) is 3. The van der Waals surface area contributed by atoms with Crippen LogP contribution >= 0.6 is 0 Å². The first-order valence-electron chi connectivity index (χ1n) is 6.05. The molecule has 0 atom stereocenters. The molecule has 0 unspecified atom stereocenters. The van der Waals surface area contributed by atoms with Gasteiger partial charge in [-0.2, -0.15) is 4.72 Å². The molecule has 3 N–H and O–H groups in total. The Morgan fingerprint density at radius 1 is 1.25 bits per heavy atom. The normalized spacial score (nSPS) is 12.2. The Bertz CT molecular complexity index is 802. The van der Waals surface area contributed by atoms with E-state index in [0.717, 1.165) is 5.39 Å². The average Bonchev–Trinajstić information content (AvgIpc) is 2.36. The van der Waals surface area contributed by atoms with Crippen molar-refractivity contribution in [3.63, 3.8) is 0 Å². The van der Waals surface area contributed by atoms with Gasteiger partial charge in [-0.3, -0.25) is 0 Å². The Kier molecular flexibility index (Phi) is 3.46. The van der Waals surface area contributed by atoms with Gasteiger partial charge < -0.3 is 5.73 Å². The van der Waals surface area contributed by atoms with Gasteiger partial charge in [-0.25, -0.2) is 8.42 Å². The summed E-state index contributed by atoms with van der Waals surface area (Å²) in [4.78, 5) is 0.193. The van der Waals surface area contributed by atoms with Crippen LogP contribution in [-0.4, -0.2) is 14.0 Å². The van der Waals surface area contributed by atoms with Gasteiger partial charge in [0.05, 0.1) is 10.4 Å². The number of terminal acetylenes is 1. The van der Waals surface area contributed by atoms with Crippen LogP contribution < -0.4 is 10.5 Å². The Labute approximate surface area is 119 Å². The Balaban J connectivity index is 2.61. The highest BCUT2D eigenvalue weighted by molar-refractivity contribution is 7.89. The molecule has 2 aromatic rings. The first-order chi connectivity index (χ1) is 9.25. The van der Waals surface area contributed by atoms with E-state index in [2.05, 4.69) is 10.6 Å². The van der Waals surface area contributed by atoms with Crippen molar-refractivity contribution in [3.8, 4) is 12.3 Å². The van der Waals surface area contributed by atoms with Crippen LogP contribution in [-0.2, 0) is 10.0 Å². The fraction of sp³-hybridized carbons (Fsp3) is 0.200. The molecule has 0 aliphatic carbocycles. The molecule has 0 saturated heterocycles. The van der Waals surface area contributed by atoms with Crippen LogP contribution in [0.15, 0.2) is 41.3 Å². The minimum atomic E-state index is -3.70. The van der Waals surface area contributed by atoms with Gasteiger partial charge >= 0.3 is 0 Å². The van der Waals surface area contributed by atoms with Crippen LogP contribution in [0.5, 0.6) is 0 Å². The average molecular weight is 288 g/mol. The van der Waals surface area contributed by atoms with E-state index in [-0.39, 0.29) is 4.90 Å². The molecule has 2 aromatic carbocycles. The summed E-state index contributed by atoms with van der Waals surface area (Å²) < 4.78 is 27.4. The molecule has 0 saturated carbocycles. The van der Waals surface area contributed by atoms with E-state index in [1.165, 1.54) is 0 Å². The third-order valence-electron chi connectivity index (χ3n) is 2.90. The number of fused-ring (bicyclic) bond motifs is 1. The zero-order valence-electron chi connectivity index (χ0n) is 11.3. The van der Waals surface area contributed by atoms with Gasteiger partial charge in [-0.05, 0) is 37.4 Å². The highest BCUT2D eigenvalue weighted by Gasteiger charge is 2.25. The Morgan fingerprint density at radius 3 is 2.60 bits per heavy atom. The number of sulfonamides is 1. The van der Waals surface area contributed by atoms with Crippen LogP contribution in [0.3, 0.4) is 0 Å². The van der Waals surface area contributed by atoms with Crippen LogP contribution in [0.1, 0.15) is 13.8 Å². The summed E-state index contributed by atoms with van der Waals surface area (Å²) in [5.41, 5.74) is 5.35. The topological polar surface area (TPSA) is 72.2 Å². The van der Waals surface area contributed by atoms with Crippen LogP contribution in [0.2, 0.25) is 0 Å². The molecule has 0 radical (unpaired) electrons. The van der Waals surface area contributed by atoms with E-state index < -0.39 is 15.6 Å². The molecule has 0 aliphatic rings. The minimum Gasteiger partial charge on any atom is -0.399 e. The molecular formula is C15H16N2O2S. The second-order valence-corrected chi connectivity index (χ2v) is 6.76. The van der Waals surface area contributed by atoms with Crippen LogP contribution in [0.25, 0.3) is 10.8 Å². The molecule has 0 spiro atoms. The van der Waals surface area contributed by atoms with E-state index in [1.54, 1.807) is 44.2 Å². The van der Waals surface area contributed by atoms with Gasteiger partial charge in [0.1, 0.15) is 0 Å². The fourth-order valence-corrected chi connectivity index (χ4v) is 3.50. The maximum Gasteiger partial charge on any atom is 0.242 e. The smallest absolute Gasteiger partial charge is 0.242 e. The molecule has 0 aliphatic heterocycles. The Morgan fingerprint density at radius 2 is 1.95 bits per heavy atom. The summed E-state index contributed by atoms with van der Waals surface area (Å²) in [5.74, 6) is 2.41. The number of nitrogens with two attached hydrogens (primary N) is 1. The number of anilines is 1. The van der Waals surface area contributed by atoms with Crippen LogP contribution in [0, 0.1) is 12.3 Å². The highest BCUT2D eigenvalue weighted by atomic mass is 32.2. The van der Waals surface area contributed by atoms with Crippen molar-refractivity contribution in [3.05, 3.63) is 36.4 Å². The molecule has 0 fully saturated rings. The van der Waals surface area contributed by atoms with Gasteiger partial charge in [0.15, 0.2) is 0 Å². The number of nitrogens with one attached hydrogen (secondary N) is 1. The maximum atomic E-state index is 12.5. The van der Waals surface area contributed by atoms with E-state index in [0.29, 0.717) is 11.1 Å². The second kappa shape index (κ2) is 4.82. The summed E-state index contributed by atoms with van der Waals surface area (Å²) in [6, 6.07) is 10.2. The molecule has 4 nitrogen and oxygen atoms in total. The molecule has 0 bridgehead atoms. The lowest BCUT2D eigenvalue weighted by Gasteiger charge is -2.20. The van der Waals surface area contributed by atoms with Crippen molar-refractivity contribution in [2.75, 3.05) is 5.73 Å². The van der Waals surface area contributed by atoms with Crippen molar-refractivity contribution >= 4 is 26.5 Å². The van der Waals surface area contributed by atoms with E-state index in [9.17, 15) is 8.42 Å². The highest BCUT2D eigenvalue weighted by Crippen LogP contribution is 2.25. The number of rotatable bonds is 3.